The molecule has 0 bridgehead atoms. The SMILES string of the molecule is COc1ccc(C)cc1N[C@@H]1CCCC[C@H]1O. The Morgan fingerprint density at radius 1 is 1.29 bits per heavy atom. The molecule has 2 N–H and O–H groups in total. The summed E-state index contributed by atoms with van der Waals surface area (Å²) in [5.74, 6) is 0.841. The number of benzene rings is 1. The number of ether oxygens (including phenoxy) is 1. The fourth-order valence-electron chi connectivity index (χ4n) is 2.41. The van der Waals surface area contributed by atoms with Gasteiger partial charge in [-0.15, -0.1) is 0 Å². The molecule has 0 aliphatic heterocycles. The summed E-state index contributed by atoms with van der Waals surface area (Å²) in [7, 11) is 1.67. The van der Waals surface area contributed by atoms with Gasteiger partial charge in [0.2, 0.25) is 0 Å². The zero-order valence-corrected chi connectivity index (χ0v) is 10.6. The van der Waals surface area contributed by atoms with Crippen LogP contribution in [-0.2, 0) is 0 Å². The Bertz CT molecular complexity index is 378. The maximum absolute atomic E-state index is 9.96. The lowest BCUT2D eigenvalue weighted by atomic mass is 9.92. The molecule has 1 saturated carbocycles. The van der Waals surface area contributed by atoms with Crippen molar-refractivity contribution in [3.8, 4) is 5.75 Å². The highest BCUT2D eigenvalue weighted by Gasteiger charge is 2.23. The van der Waals surface area contributed by atoms with Crippen molar-refractivity contribution in [3.05, 3.63) is 23.8 Å². The molecule has 1 aromatic carbocycles. The van der Waals surface area contributed by atoms with Gasteiger partial charge in [0.05, 0.1) is 24.9 Å². The Labute approximate surface area is 103 Å². The van der Waals surface area contributed by atoms with E-state index in [4.69, 9.17) is 4.74 Å². The smallest absolute Gasteiger partial charge is 0.141 e. The van der Waals surface area contributed by atoms with E-state index < -0.39 is 0 Å². The van der Waals surface area contributed by atoms with Gasteiger partial charge >= 0.3 is 0 Å². The van der Waals surface area contributed by atoms with Gasteiger partial charge in [-0.2, -0.15) is 0 Å². The topological polar surface area (TPSA) is 41.5 Å². The number of aliphatic hydroxyl groups is 1. The standard InChI is InChI=1S/C14H21NO2/c1-10-7-8-14(17-2)12(9-10)15-11-5-3-4-6-13(11)16/h7-9,11,13,15-16H,3-6H2,1-2H3/t11-,13-/m1/s1. The number of nitrogens with one attached hydrogen (secondary N) is 1. The summed E-state index contributed by atoms with van der Waals surface area (Å²) in [6.45, 7) is 2.06. The highest BCUT2D eigenvalue weighted by molar-refractivity contribution is 5.58. The van der Waals surface area contributed by atoms with Gasteiger partial charge in [0.25, 0.3) is 0 Å². The molecule has 0 unspecified atom stereocenters. The molecule has 1 aliphatic rings. The minimum atomic E-state index is -0.242. The van der Waals surface area contributed by atoms with E-state index in [1.807, 2.05) is 12.1 Å². The van der Waals surface area contributed by atoms with Gasteiger partial charge in [0.15, 0.2) is 0 Å². The molecule has 1 fully saturated rings. The van der Waals surface area contributed by atoms with E-state index in [0.29, 0.717) is 0 Å². The van der Waals surface area contributed by atoms with Crippen LogP contribution >= 0.6 is 0 Å². The monoisotopic (exact) mass is 235 g/mol. The first-order valence-corrected chi connectivity index (χ1v) is 6.30. The van der Waals surface area contributed by atoms with Crippen LogP contribution < -0.4 is 10.1 Å². The molecule has 0 saturated heterocycles. The lowest BCUT2D eigenvalue weighted by Gasteiger charge is -2.29. The Morgan fingerprint density at radius 3 is 2.76 bits per heavy atom. The first-order valence-electron chi connectivity index (χ1n) is 6.30. The molecule has 3 nitrogen and oxygen atoms in total. The summed E-state index contributed by atoms with van der Waals surface area (Å²) < 4.78 is 5.33. The first kappa shape index (κ1) is 12.2. The van der Waals surface area contributed by atoms with E-state index in [0.717, 1.165) is 30.7 Å². The lowest BCUT2D eigenvalue weighted by Crippen LogP contribution is -2.36. The number of hydrogen-bond donors (Lipinski definition) is 2. The molecular formula is C14H21NO2. The van der Waals surface area contributed by atoms with Gasteiger partial charge in [-0.3, -0.25) is 0 Å². The lowest BCUT2D eigenvalue weighted by molar-refractivity contribution is 0.116. The van der Waals surface area contributed by atoms with E-state index in [1.165, 1.54) is 12.0 Å². The quantitative estimate of drug-likeness (QED) is 0.846. The van der Waals surface area contributed by atoms with Crippen LogP contribution in [0.2, 0.25) is 0 Å². The van der Waals surface area contributed by atoms with Gasteiger partial charge in [-0.05, 0) is 37.5 Å². The summed E-state index contributed by atoms with van der Waals surface area (Å²) in [5, 5.41) is 13.4. The number of rotatable bonds is 3. The van der Waals surface area contributed by atoms with Gasteiger partial charge in [-0.1, -0.05) is 18.9 Å². The molecule has 1 aliphatic carbocycles. The normalized spacial score (nSPS) is 24.4. The van der Waals surface area contributed by atoms with Crippen LogP contribution in [0.1, 0.15) is 31.2 Å². The Kier molecular flexibility index (Phi) is 3.89. The van der Waals surface area contributed by atoms with Crippen LogP contribution in [0, 0.1) is 6.92 Å². The zero-order valence-electron chi connectivity index (χ0n) is 10.6. The van der Waals surface area contributed by atoms with Gasteiger partial charge in [0, 0.05) is 0 Å². The largest absolute Gasteiger partial charge is 0.495 e. The minimum Gasteiger partial charge on any atom is -0.495 e. The highest BCUT2D eigenvalue weighted by atomic mass is 16.5. The molecule has 1 aromatic rings. The third kappa shape index (κ3) is 2.91. The number of hydrogen-bond acceptors (Lipinski definition) is 3. The molecule has 0 spiro atoms. The summed E-state index contributed by atoms with van der Waals surface area (Å²) in [6, 6.07) is 6.22. The Balaban J connectivity index is 2.13. The summed E-state index contributed by atoms with van der Waals surface area (Å²) in [5.41, 5.74) is 2.18. The van der Waals surface area contributed by atoms with Crippen LogP contribution in [0.15, 0.2) is 18.2 Å². The van der Waals surface area contributed by atoms with E-state index in [2.05, 4.69) is 18.3 Å². The molecule has 2 atom stereocenters. The van der Waals surface area contributed by atoms with Crippen LogP contribution in [0.5, 0.6) is 5.75 Å². The van der Waals surface area contributed by atoms with Crippen LogP contribution in [0.4, 0.5) is 5.69 Å². The van der Waals surface area contributed by atoms with Crippen molar-refractivity contribution in [1.29, 1.82) is 0 Å². The first-order chi connectivity index (χ1) is 8.20. The van der Waals surface area contributed by atoms with Crippen molar-refractivity contribution in [2.75, 3.05) is 12.4 Å². The van der Waals surface area contributed by atoms with Crippen LogP contribution in [0.3, 0.4) is 0 Å². The van der Waals surface area contributed by atoms with Gasteiger partial charge < -0.3 is 15.2 Å². The van der Waals surface area contributed by atoms with Gasteiger partial charge in [-0.25, -0.2) is 0 Å². The van der Waals surface area contributed by atoms with Crippen molar-refractivity contribution in [1.82, 2.24) is 0 Å². The molecule has 2 rings (SSSR count). The number of aliphatic hydroxyl groups excluding tert-OH is 1. The average molecular weight is 235 g/mol. The molecule has 0 amide bonds. The molecular weight excluding hydrogens is 214 g/mol. The molecule has 0 radical (unpaired) electrons. The molecule has 17 heavy (non-hydrogen) atoms. The second-order valence-electron chi connectivity index (χ2n) is 4.81. The summed E-state index contributed by atoms with van der Waals surface area (Å²) in [6.07, 6.45) is 3.99. The second-order valence-corrected chi connectivity index (χ2v) is 4.81. The molecule has 0 aromatic heterocycles. The Hall–Kier alpha value is -1.22. The molecule has 3 heteroatoms. The van der Waals surface area contributed by atoms with Crippen molar-refractivity contribution in [2.24, 2.45) is 0 Å². The third-order valence-electron chi connectivity index (χ3n) is 3.43. The van der Waals surface area contributed by atoms with Crippen molar-refractivity contribution in [3.63, 3.8) is 0 Å². The number of aryl methyl sites for hydroxylation is 1. The Morgan fingerprint density at radius 2 is 2.06 bits per heavy atom. The average Bonchev–Trinajstić information content (AvgIpc) is 2.32. The van der Waals surface area contributed by atoms with E-state index >= 15 is 0 Å². The summed E-state index contributed by atoms with van der Waals surface area (Å²) in [4.78, 5) is 0. The fraction of sp³-hybridized carbons (Fsp3) is 0.571. The van der Waals surface area contributed by atoms with Crippen LogP contribution in [-0.4, -0.2) is 24.4 Å². The van der Waals surface area contributed by atoms with E-state index in [-0.39, 0.29) is 12.1 Å². The number of anilines is 1. The minimum absolute atomic E-state index is 0.152. The highest BCUT2D eigenvalue weighted by Crippen LogP contribution is 2.29. The molecule has 0 heterocycles. The third-order valence-corrected chi connectivity index (χ3v) is 3.43. The van der Waals surface area contributed by atoms with Gasteiger partial charge in [0.1, 0.15) is 5.75 Å². The maximum atomic E-state index is 9.96. The van der Waals surface area contributed by atoms with E-state index in [1.54, 1.807) is 7.11 Å². The second kappa shape index (κ2) is 5.41. The maximum Gasteiger partial charge on any atom is 0.141 e. The van der Waals surface area contributed by atoms with Crippen LogP contribution in [0.25, 0.3) is 0 Å². The predicted octanol–water partition coefficient (Wildman–Crippen LogP) is 2.72. The summed E-state index contributed by atoms with van der Waals surface area (Å²) >= 11 is 0. The van der Waals surface area contributed by atoms with Crippen molar-refractivity contribution < 1.29 is 9.84 Å². The van der Waals surface area contributed by atoms with Crippen molar-refractivity contribution in [2.45, 2.75) is 44.8 Å². The zero-order chi connectivity index (χ0) is 12.3. The molecule has 94 valence electrons. The predicted molar refractivity (Wildman–Crippen MR) is 69.6 cm³/mol. The fourth-order valence-corrected chi connectivity index (χ4v) is 2.41. The number of methoxy groups -OCH3 is 1. The van der Waals surface area contributed by atoms with E-state index in [9.17, 15) is 5.11 Å². The van der Waals surface area contributed by atoms with Crippen molar-refractivity contribution >= 4 is 5.69 Å².